The lowest BCUT2D eigenvalue weighted by molar-refractivity contribution is 0.325. The summed E-state index contributed by atoms with van der Waals surface area (Å²) in [5, 5.41) is 3.28. The van der Waals surface area contributed by atoms with Crippen molar-refractivity contribution in [3.63, 3.8) is 0 Å². The number of hydrogen-bond donors (Lipinski definition) is 1. The van der Waals surface area contributed by atoms with E-state index in [1.807, 2.05) is 6.07 Å². The first-order chi connectivity index (χ1) is 7.84. The summed E-state index contributed by atoms with van der Waals surface area (Å²) in [4.78, 5) is 4.21. The molecule has 3 nitrogen and oxygen atoms in total. The first-order valence-electron chi connectivity index (χ1n) is 5.82. The molecule has 0 saturated heterocycles. The lowest BCUT2D eigenvalue weighted by atomic mass is 10.1. The van der Waals surface area contributed by atoms with Gasteiger partial charge in [0.1, 0.15) is 6.61 Å². The second-order valence-electron chi connectivity index (χ2n) is 4.10. The van der Waals surface area contributed by atoms with Crippen LogP contribution in [0.5, 0.6) is 0 Å². The van der Waals surface area contributed by atoms with Crippen molar-refractivity contribution in [3.8, 4) is 0 Å². The van der Waals surface area contributed by atoms with Gasteiger partial charge in [-0.2, -0.15) is 0 Å². The van der Waals surface area contributed by atoms with Gasteiger partial charge in [-0.25, -0.2) is 4.99 Å². The highest BCUT2D eigenvalue weighted by molar-refractivity contribution is 5.75. The molecule has 16 heavy (non-hydrogen) atoms. The summed E-state index contributed by atoms with van der Waals surface area (Å²) in [6, 6.07) is 11.6. The van der Waals surface area contributed by atoms with Gasteiger partial charge in [0.2, 0.25) is 0 Å². The van der Waals surface area contributed by atoms with Gasteiger partial charge in [0.25, 0.3) is 6.02 Å². The molecule has 0 spiro atoms. The van der Waals surface area contributed by atoms with Crippen molar-refractivity contribution in [1.29, 1.82) is 0 Å². The van der Waals surface area contributed by atoms with E-state index in [2.05, 4.69) is 41.5 Å². The standard InChI is InChI=1S/C13H18N2O/c1-11(15-13-14-9-10-16-13)7-8-12-5-3-2-4-6-12/h2-6,11H,7-10H2,1H3,(H,14,15). The number of amidine groups is 1. The van der Waals surface area contributed by atoms with Crippen LogP contribution >= 0.6 is 0 Å². The minimum Gasteiger partial charge on any atom is -0.463 e. The van der Waals surface area contributed by atoms with E-state index < -0.39 is 0 Å². The van der Waals surface area contributed by atoms with Crippen LogP contribution in [-0.2, 0) is 11.2 Å². The van der Waals surface area contributed by atoms with Crippen LogP contribution in [0, 0.1) is 0 Å². The molecule has 86 valence electrons. The van der Waals surface area contributed by atoms with Crippen molar-refractivity contribution in [3.05, 3.63) is 35.9 Å². The van der Waals surface area contributed by atoms with Gasteiger partial charge in [0, 0.05) is 6.04 Å². The number of ether oxygens (including phenoxy) is 1. The number of nitrogens with one attached hydrogen (secondary N) is 1. The smallest absolute Gasteiger partial charge is 0.284 e. The molecule has 1 N–H and O–H groups in total. The third-order valence-corrected chi connectivity index (χ3v) is 2.66. The maximum Gasteiger partial charge on any atom is 0.284 e. The summed E-state index contributed by atoms with van der Waals surface area (Å²) >= 11 is 0. The molecule has 0 saturated carbocycles. The van der Waals surface area contributed by atoms with Crippen molar-refractivity contribution in [2.45, 2.75) is 25.8 Å². The van der Waals surface area contributed by atoms with E-state index in [-0.39, 0.29) is 0 Å². The van der Waals surface area contributed by atoms with E-state index in [0.29, 0.717) is 18.7 Å². The third kappa shape index (κ3) is 3.26. The summed E-state index contributed by atoms with van der Waals surface area (Å²) in [6.07, 6.45) is 2.18. The fourth-order valence-electron chi connectivity index (χ4n) is 1.73. The van der Waals surface area contributed by atoms with E-state index in [4.69, 9.17) is 4.74 Å². The van der Waals surface area contributed by atoms with Gasteiger partial charge in [0.05, 0.1) is 6.54 Å². The molecule has 0 amide bonds. The van der Waals surface area contributed by atoms with Crippen LogP contribution in [0.15, 0.2) is 35.3 Å². The van der Waals surface area contributed by atoms with Gasteiger partial charge >= 0.3 is 0 Å². The molecular weight excluding hydrogens is 200 g/mol. The lowest BCUT2D eigenvalue weighted by Gasteiger charge is -2.14. The second-order valence-corrected chi connectivity index (χ2v) is 4.10. The predicted octanol–water partition coefficient (Wildman–Crippen LogP) is 1.98. The summed E-state index contributed by atoms with van der Waals surface area (Å²) in [6.45, 7) is 3.66. The summed E-state index contributed by atoms with van der Waals surface area (Å²) in [5.74, 6) is 0. The Morgan fingerprint density at radius 3 is 2.88 bits per heavy atom. The molecule has 1 unspecified atom stereocenters. The van der Waals surface area contributed by atoms with Crippen molar-refractivity contribution < 1.29 is 4.74 Å². The Bertz CT molecular complexity index is 348. The Morgan fingerprint density at radius 1 is 1.38 bits per heavy atom. The van der Waals surface area contributed by atoms with Crippen molar-refractivity contribution in [1.82, 2.24) is 5.32 Å². The van der Waals surface area contributed by atoms with E-state index in [0.717, 1.165) is 19.4 Å². The lowest BCUT2D eigenvalue weighted by Crippen LogP contribution is -2.33. The Hall–Kier alpha value is -1.51. The first kappa shape index (κ1) is 11.0. The molecule has 0 radical (unpaired) electrons. The van der Waals surface area contributed by atoms with Gasteiger partial charge in [-0.3, -0.25) is 0 Å². The average molecular weight is 218 g/mol. The van der Waals surface area contributed by atoms with Crippen LogP contribution in [0.1, 0.15) is 18.9 Å². The molecular formula is C13H18N2O. The van der Waals surface area contributed by atoms with Crippen LogP contribution in [0.2, 0.25) is 0 Å². The maximum atomic E-state index is 5.31. The molecule has 1 aromatic rings. The second kappa shape index (κ2) is 5.54. The minimum atomic E-state index is 0.400. The van der Waals surface area contributed by atoms with Crippen LogP contribution in [0.25, 0.3) is 0 Å². The quantitative estimate of drug-likeness (QED) is 0.838. The number of rotatable bonds is 4. The van der Waals surface area contributed by atoms with Crippen LogP contribution in [0.4, 0.5) is 0 Å². The molecule has 1 aromatic carbocycles. The third-order valence-electron chi connectivity index (χ3n) is 2.66. The van der Waals surface area contributed by atoms with Gasteiger partial charge in [0.15, 0.2) is 0 Å². The molecule has 0 fully saturated rings. The Balaban J connectivity index is 1.73. The largest absolute Gasteiger partial charge is 0.463 e. The zero-order valence-corrected chi connectivity index (χ0v) is 9.65. The molecule has 1 atom stereocenters. The highest BCUT2D eigenvalue weighted by Crippen LogP contribution is 2.05. The number of aliphatic imine (C=N–C) groups is 1. The molecule has 1 aliphatic rings. The molecule has 3 heteroatoms. The summed E-state index contributed by atoms with van der Waals surface area (Å²) < 4.78 is 5.31. The zero-order chi connectivity index (χ0) is 11.2. The van der Waals surface area contributed by atoms with Gasteiger partial charge < -0.3 is 10.1 Å². The van der Waals surface area contributed by atoms with Gasteiger partial charge in [-0.1, -0.05) is 30.3 Å². The number of hydrogen-bond acceptors (Lipinski definition) is 3. The van der Waals surface area contributed by atoms with E-state index in [9.17, 15) is 0 Å². The van der Waals surface area contributed by atoms with E-state index in [1.54, 1.807) is 0 Å². The first-order valence-corrected chi connectivity index (χ1v) is 5.82. The van der Waals surface area contributed by atoms with Crippen molar-refractivity contribution >= 4 is 6.02 Å². The van der Waals surface area contributed by atoms with Crippen molar-refractivity contribution in [2.24, 2.45) is 4.99 Å². The molecule has 0 aromatic heterocycles. The summed E-state index contributed by atoms with van der Waals surface area (Å²) in [5.41, 5.74) is 1.38. The van der Waals surface area contributed by atoms with E-state index >= 15 is 0 Å². The van der Waals surface area contributed by atoms with Crippen molar-refractivity contribution in [2.75, 3.05) is 13.2 Å². The topological polar surface area (TPSA) is 33.6 Å². The molecule has 2 rings (SSSR count). The number of aryl methyl sites for hydroxylation is 1. The highest BCUT2D eigenvalue weighted by Gasteiger charge is 2.10. The average Bonchev–Trinajstić information content (AvgIpc) is 2.81. The number of nitrogens with zero attached hydrogens (tertiary/aromatic N) is 1. The zero-order valence-electron chi connectivity index (χ0n) is 9.65. The summed E-state index contributed by atoms with van der Waals surface area (Å²) in [7, 11) is 0. The Labute approximate surface area is 96.5 Å². The predicted molar refractivity (Wildman–Crippen MR) is 65.6 cm³/mol. The van der Waals surface area contributed by atoms with E-state index in [1.165, 1.54) is 5.56 Å². The maximum absolute atomic E-state index is 5.31. The normalized spacial score (nSPS) is 16.4. The van der Waals surface area contributed by atoms with Gasteiger partial charge in [-0.05, 0) is 25.3 Å². The fraction of sp³-hybridized carbons (Fsp3) is 0.462. The SMILES string of the molecule is CC(CCc1ccccc1)NC1=NCCO1. The fourth-order valence-corrected chi connectivity index (χ4v) is 1.73. The molecule has 0 aliphatic carbocycles. The van der Waals surface area contributed by atoms with Crippen LogP contribution < -0.4 is 5.32 Å². The highest BCUT2D eigenvalue weighted by atomic mass is 16.5. The molecule has 0 bridgehead atoms. The Kier molecular flexibility index (Phi) is 3.81. The Morgan fingerprint density at radius 2 is 2.19 bits per heavy atom. The van der Waals surface area contributed by atoms with Gasteiger partial charge in [-0.15, -0.1) is 0 Å². The van der Waals surface area contributed by atoms with Crippen LogP contribution in [-0.4, -0.2) is 25.2 Å². The number of benzene rings is 1. The minimum absolute atomic E-state index is 0.400. The monoisotopic (exact) mass is 218 g/mol. The van der Waals surface area contributed by atoms with Crippen LogP contribution in [0.3, 0.4) is 0 Å². The molecule has 1 heterocycles. The molecule has 1 aliphatic heterocycles.